The van der Waals surface area contributed by atoms with Crippen molar-refractivity contribution in [2.45, 2.75) is 25.4 Å². The Hall–Kier alpha value is -1.83. The number of rotatable bonds is 0. The van der Waals surface area contributed by atoms with Crippen LogP contribution in [0.1, 0.15) is 30.1 Å². The van der Waals surface area contributed by atoms with Gasteiger partial charge in [0.15, 0.2) is 0 Å². The van der Waals surface area contributed by atoms with E-state index in [1.54, 1.807) is 0 Å². The number of aliphatic hydroxyl groups excluding tert-OH is 1. The summed E-state index contributed by atoms with van der Waals surface area (Å²) in [6.07, 6.45) is 2.40. The van der Waals surface area contributed by atoms with E-state index < -0.39 is 6.10 Å². The second-order valence-corrected chi connectivity index (χ2v) is 6.67. The van der Waals surface area contributed by atoms with Gasteiger partial charge in [0, 0.05) is 10.9 Å². The molecule has 0 saturated heterocycles. The number of hydrogen-bond acceptors (Lipinski definition) is 1. The first-order chi connectivity index (χ1) is 10.8. The molecule has 2 heteroatoms. The summed E-state index contributed by atoms with van der Waals surface area (Å²) in [5, 5.41) is 18.6. The van der Waals surface area contributed by atoms with E-state index in [1.807, 2.05) is 0 Å². The second kappa shape index (κ2) is 4.34. The van der Waals surface area contributed by atoms with Gasteiger partial charge >= 0.3 is 0 Å². The van der Waals surface area contributed by atoms with Crippen molar-refractivity contribution in [3.8, 4) is 0 Å². The summed E-state index contributed by atoms with van der Waals surface area (Å²) in [4.78, 5) is 0. The smallest absolute Gasteiger partial charge is 0.0807 e. The fourth-order valence-electron chi connectivity index (χ4n) is 4.17. The van der Waals surface area contributed by atoms with Gasteiger partial charge in [0.1, 0.15) is 0 Å². The molecule has 1 nitrogen and oxygen atoms in total. The van der Waals surface area contributed by atoms with Crippen LogP contribution in [0.15, 0.2) is 42.5 Å². The topological polar surface area (TPSA) is 20.2 Å². The molecular weight excluding hydrogens is 292 g/mol. The van der Waals surface area contributed by atoms with Crippen LogP contribution in [0.25, 0.3) is 32.3 Å². The van der Waals surface area contributed by atoms with E-state index in [9.17, 15) is 5.11 Å². The number of aryl methyl sites for hydroxylation is 1. The molecule has 1 aliphatic carbocycles. The van der Waals surface area contributed by atoms with Crippen LogP contribution >= 0.6 is 11.6 Å². The highest BCUT2D eigenvalue weighted by atomic mass is 35.5. The van der Waals surface area contributed by atoms with E-state index in [-0.39, 0.29) is 0 Å². The Morgan fingerprint density at radius 3 is 2.41 bits per heavy atom. The first-order valence-corrected chi connectivity index (χ1v) is 8.19. The van der Waals surface area contributed by atoms with Gasteiger partial charge in [-0.25, -0.2) is 0 Å². The van der Waals surface area contributed by atoms with E-state index in [0.717, 1.165) is 35.2 Å². The second-order valence-electron chi connectivity index (χ2n) is 6.29. The SMILES string of the molecule is OC1CCCc2c1c(Cl)c1ccc3cccc4ccc2c1c34. The lowest BCUT2D eigenvalue weighted by molar-refractivity contribution is 0.157. The highest BCUT2D eigenvalue weighted by Gasteiger charge is 2.25. The quantitative estimate of drug-likeness (QED) is 0.419. The summed E-state index contributed by atoms with van der Waals surface area (Å²) in [7, 11) is 0. The molecule has 5 rings (SSSR count). The Morgan fingerprint density at radius 1 is 0.909 bits per heavy atom. The number of fused-ring (bicyclic) bond motifs is 2. The van der Waals surface area contributed by atoms with Crippen molar-refractivity contribution in [2.75, 3.05) is 0 Å². The highest BCUT2D eigenvalue weighted by molar-refractivity contribution is 6.40. The van der Waals surface area contributed by atoms with Crippen molar-refractivity contribution in [3.63, 3.8) is 0 Å². The Balaban J connectivity index is 2.11. The third kappa shape index (κ3) is 1.48. The normalized spacial score (nSPS) is 18.4. The van der Waals surface area contributed by atoms with Crippen LogP contribution in [0.3, 0.4) is 0 Å². The molecular formula is C20H15ClO. The molecule has 1 N–H and O–H groups in total. The van der Waals surface area contributed by atoms with Gasteiger partial charge in [-0.3, -0.25) is 0 Å². The summed E-state index contributed by atoms with van der Waals surface area (Å²) in [5.41, 5.74) is 2.20. The zero-order chi connectivity index (χ0) is 14.8. The lowest BCUT2D eigenvalue weighted by Gasteiger charge is -2.26. The molecule has 0 heterocycles. The van der Waals surface area contributed by atoms with Gasteiger partial charge in [0.2, 0.25) is 0 Å². The number of hydrogen-bond donors (Lipinski definition) is 1. The van der Waals surface area contributed by atoms with Crippen LogP contribution in [0.2, 0.25) is 5.02 Å². The largest absolute Gasteiger partial charge is 0.388 e. The highest BCUT2D eigenvalue weighted by Crippen LogP contribution is 2.46. The predicted octanol–water partition coefficient (Wildman–Crippen LogP) is 5.61. The maximum Gasteiger partial charge on any atom is 0.0807 e. The molecule has 0 aliphatic heterocycles. The van der Waals surface area contributed by atoms with E-state index in [0.29, 0.717) is 0 Å². The molecule has 0 spiro atoms. The van der Waals surface area contributed by atoms with E-state index in [2.05, 4.69) is 42.5 Å². The van der Waals surface area contributed by atoms with Crippen LogP contribution in [0.5, 0.6) is 0 Å². The first-order valence-electron chi connectivity index (χ1n) is 7.81. The zero-order valence-electron chi connectivity index (χ0n) is 12.1. The average Bonchev–Trinajstić information content (AvgIpc) is 2.55. The van der Waals surface area contributed by atoms with Crippen molar-refractivity contribution < 1.29 is 5.11 Å². The van der Waals surface area contributed by atoms with E-state index in [4.69, 9.17) is 11.6 Å². The molecule has 0 amide bonds. The molecule has 0 saturated carbocycles. The summed E-state index contributed by atoms with van der Waals surface area (Å²) in [5.74, 6) is 0. The fraction of sp³-hybridized carbons (Fsp3) is 0.200. The molecule has 1 unspecified atom stereocenters. The summed E-state index contributed by atoms with van der Waals surface area (Å²) >= 11 is 6.72. The van der Waals surface area contributed by atoms with Gasteiger partial charge in [-0.1, -0.05) is 54.1 Å². The van der Waals surface area contributed by atoms with Gasteiger partial charge in [-0.05, 0) is 51.8 Å². The van der Waals surface area contributed by atoms with Crippen LogP contribution in [0, 0.1) is 0 Å². The lowest BCUT2D eigenvalue weighted by atomic mass is 9.82. The maximum absolute atomic E-state index is 10.4. The number of halogens is 1. The summed E-state index contributed by atoms with van der Waals surface area (Å²) in [6, 6.07) is 15.1. The Bertz CT molecular complexity index is 1020. The Morgan fingerprint density at radius 2 is 1.64 bits per heavy atom. The molecule has 0 radical (unpaired) electrons. The number of aliphatic hydroxyl groups is 1. The third-order valence-electron chi connectivity index (χ3n) is 5.14. The minimum Gasteiger partial charge on any atom is -0.388 e. The van der Waals surface area contributed by atoms with Gasteiger partial charge in [-0.2, -0.15) is 0 Å². The molecule has 1 atom stereocenters. The van der Waals surface area contributed by atoms with Crippen LogP contribution < -0.4 is 0 Å². The molecule has 1 aliphatic rings. The molecule has 108 valence electrons. The monoisotopic (exact) mass is 306 g/mol. The molecule has 0 fully saturated rings. The van der Waals surface area contributed by atoms with Crippen molar-refractivity contribution in [1.29, 1.82) is 0 Å². The van der Waals surface area contributed by atoms with Crippen LogP contribution in [-0.4, -0.2) is 5.11 Å². The van der Waals surface area contributed by atoms with Crippen molar-refractivity contribution in [1.82, 2.24) is 0 Å². The van der Waals surface area contributed by atoms with Crippen molar-refractivity contribution in [3.05, 3.63) is 58.6 Å². The van der Waals surface area contributed by atoms with Gasteiger partial charge in [0.25, 0.3) is 0 Å². The fourth-order valence-corrected chi connectivity index (χ4v) is 4.57. The minimum atomic E-state index is -0.432. The number of benzene rings is 4. The third-order valence-corrected chi connectivity index (χ3v) is 5.54. The van der Waals surface area contributed by atoms with E-state index in [1.165, 1.54) is 32.5 Å². The zero-order valence-corrected chi connectivity index (χ0v) is 12.8. The Labute approximate surface area is 133 Å². The molecule has 0 aromatic heterocycles. The molecule has 0 bridgehead atoms. The average molecular weight is 307 g/mol. The molecule has 4 aromatic carbocycles. The van der Waals surface area contributed by atoms with Crippen molar-refractivity contribution >= 4 is 43.9 Å². The van der Waals surface area contributed by atoms with Crippen molar-refractivity contribution in [2.24, 2.45) is 0 Å². The maximum atomic E-state index is 10.4. The molecule has 4 aromatic rings. The van der Waals surface area contributed by atoms with Gasteiger partial charge in [0.05, 0.1) is 11.1 Å². The first kappa shape index (κ1) is 12.7. The van der Waals surface area contributed by atoms with E-state index >= 15 is 0 Å². The summed E-state index contributed by atoms with van der Waals surface area (Å²) < 4.78 is 0. The lowest BCUT2D eigenvalue weighted by Crippen LogP contribution is -2.11. The molecule has 22 heavy (non-hydrogen) atoms. The summed E-state index contributed by atoms with van der Waals surface area (Å²) in [6.45, 7) is 0. The Kier molecular flexibility index (Phi) is 2.51. The minimum absolute atomic E-state index is 0.432. The van der Waals surface area contributed by atoms with Crippen LogP contribution in [-0.2, 0) is 6.42 Å². The van der Waals surface area contributed by atoms with Gasteiger partial charge < -0.3 is 5.11 Å². The standard InChI is InChI=1S/C20H15ClO/c21-20-15-10-8-12-4-1-3-11-7-9-14(18(15)17(11)12)13-5-2-6-16(22)19(13)20/h1,3-4,7-10,16,22H,2,5-6H2. The van der Waals surface area contributed by atoms with Gasteiger partial charge in [-0.15, -0.1) is 0 Å². The van der Waals surface area contributed by atoms with Crippen LogP contribution in [0.4, 0.5) is 0 Å². The predicted molar refractivity (Wildman–Crippen MR) is 93.1 cm³/mol.